The Kier molecular flexibility index (Phi) is 0.841. The SMILES string of the molecule is O=C1[C@H]2C[C@H](CN2)N1O. The van der Waals surface area contributed by atoms with Gasteiger partial charge in [-0.15, -0.1) is 0 Å². The number of piperazine rings is 1. The summed E-state index contributed by atoms with van der Waals surface area (Å²) >= 11 is 0. The molecule has 0 aliphatic carbocycles. The average molecular weight is 128 g/mol. The first-order valence-corrected chi connectivity index (χ1v) is 3.04. The minimum Gasteiger partial charge on any atom is -0.304 e. The van der Waals surface area contributed by atoms with E-state index < -0.39 is 0 Å². The molecule has 0 radical (unpaired) electrons. The molecule has 1 amide bonds. The van der Waals surface area contributed by atoms with Gasteiger partial charge in [0.05, 0.1) is 12.1 Å². The Morgan fingerprint density at radius 3 is 2.89 bits per heavy atom. The van der Waals surface area contributed by atoms with Crippen LogP contribution in [-0.2, 0) is 4.79 Å². The molecular weight excluding hydrogens is 120 g/mol. The lowest BCUT2D eigenvalue weighted by Gasteiger charge is -2.19. The van der Waals surface area contributed by atoms with Crippen molar-refractivity contribution in [2.24, 2.45) is 0 Å². The van der Waals surface area contributed by atoms with Crippen LogP contribution in [0.5, 0.6) is 0 Å². The molecule has 2 aliphatic heterocycles. The first-order chi connectivity index (χ1) is 4.29. The number of fused-ring (bicyclic) bond motifs is 2. The lowest BCUT2D eigenvalue weighted by Crippen LogP contribution is -2.46. The molecule has 4 nitrogen and oxygen atoms in total. The van der Waals surface area contributed by atoms with E-state index in [0.29, 0.717) is 0 Å². The third-order valence-electron chi connectivity index (χ3n) is 1.98. The number of carbonyl (C=O) groups is 1. The van der Waals surface area contributed by atoms with Gasteiger partial charge in [-0.2, -0.15) is 0 Å². The summed E-state index contributed by atoms with van der Waals surface area (Å²) in [6.45, 7) is 0.743. The standard InChI is InChI=1S/C5H8N2O2/c8-5-4-1-3(2-6-4)7(5)9/h3-4,6,9H,1-2H2/t3-,4-/m1/s1. The molecule has 0 saturated carbocycles. The van der Waals surface area contributed by atoms with Crippen molar-refractivity contribution in [3.8, 4) is 0 Å². The summed E-state index contributed by atoms with van der Waals surface area (Å²) in [6, 6.07) is -0.0532. The Bertz CT molecular complexity index is 155. The van der Waals surface area contributed by atoms with Crippen LogP contribution in [-0.4, -0.2) is 34.8 Å². The fraction of sp³-hybridized carbons (Fsp3) is 0.800. The Labute approximate surface area is 52.4 Å². The molecule has 2 heterocycles. The third-order valence-corrected chi connectivity index (χ3v) is 1.98. The van der Waals surface area contributed by atoms with Gasteiger partial charge in [0.15, 0.2) is 0 Å². The van der Waals surface area contributed by atoms with Crippen LogP contribution in [0.15, 0.2) is 0 Å². The minimum absolute atomic E-state index is 0.0440. The molecule has 2 atom stereocenters. The lowest BCUT2D eigenvalue weighted by molar-refractivity contribution is -0.169. The van der Waals surface area contributed by atoms with Crippen molar-refractivity contribution in [1.82, 2.24) is 10.4 Å². The molecule has 0 aromatic carbocycles. The highest BCUT2D eigenvalue weighted by Gasteiger charge is 2.44. The Balaban J connectivity index is 2.25. The Morgan fingerprint density at radius 1 is 1.78 bits per heavy atom. The summed E-state index contributed by atoms with van der Waals surface area (Å²) in [6.07, 6.45) is 0.773. The van der Waals surface area contributed by atoms with Crippen molar-refractivity contribution < 1.29 is 10.0 Å². The van der Waals surface area contributed by atoms with Gasteiger partial charge in [-0.25, -0.2) is 5.06 Å². The summed E-state index contributed by atoms with van der Waals surface area (Å²) in [5, 5.41) is 12.8. The van der Waals surface area contributed by atoms with Crippen LogP contribution in [0.2, 0.25) is 0 Å². The molecular formula is C5H8N2O2. The Morgan fingerprint density at radius 2 is 2.56 bits per heavy atom. The van der Waals surface area contributed by atoms with Crippen molar-refractivity contribution in [3.05, 3.63) is 0 Å². The third kappa shape index (κ3) is 0.516. The quantitative estimate of drug-likeness (QED) is 0.409. The second-order valence-electron chi connectivity index (χ2n) is 2.53. The van der Waals surface area contributed by atoms with Gasteiger partial charge >= 0.3 is 0 Å². The molecule has 2 aliphatic rings. The van der Waals surface area contributed by atoms with E-state index in [1.165, 1.54) is 0 Å². The summed E-state index contributed by atoms with van der Waals surface area (Å²) in [7, 11) is 0. The van der Waals surface area contributed by atoms with E-state index in [9.17, 15) is 4.79 Å². The Hall–Kier alpha value is -0.610. The van der Waals surface area contributed by atoms with Gasteiger partial charge in [-0.1, -0.05) is 0 Å². The van der Waals surface area contributed by atoms with Crippen molar-refractivity contribution in [2.45, 2.75) is 18.5 Å². The number of hydrogen-bond donors (Lipinski definition) is 2. The molecule has 2 rings (SSSR count). The summed E-state index contributed by atoms with van der Waals surface area (Å²) in [5.74, 6) is -0.175. The molecule has 0 aromatic heterocycles. The van der Waals surface area contributed by atoms with Gasteiger partial charge in [0.25, 0.3) is 5.91 Å². The smallest absolute Gasteiger partial charge is 0.263 e. The molecule has 2 N–H and O–H groups in total. The number of carbonyl (C=O) groups excluding carboxylic acids is 1. The van der Waals surface area contributed by atoms with Gasteiger partial charge in [0.2, 0.25) is 0 Å². The van der Waals surface area contributed by atoms with Gasteiger partial charge in [0, 0.05) is 6.54 Å². The molecule has 4 heteroatoms. The summed E-state index contributed by atoms with van der Waals surface area (Å²) in [4.78, 5) is 10.8. The molecule has 0 aromatic rings. The monoisotopic (exact) mass is 128 g/mol. The van der Waals surface area contributed by atoms with E-state index in [1.807, 2.05) is 0 Å². The van der Waals surface area contributed by atoms with Crippen LogP contribution < -0.4 is 5.32 Å². The van der Waals surface area contributed by atoms with Crippen LogP contribution in [0.4, 0.5) is 0 Å². The lowest BCUT2D eigenvalue weighted by atomic mass is 10.2. The zero-order valence-corrected chi connectivity index (χ0v) is 4.87. The normalized spacial score (nSPS) is 40.6. The zero-order chi connectivity index (χ0) is 6.43. The van der Waals surface area contributed by atoms with Crippen molar-refractivity contribution >= 4 is 5.91 Å². The minimum atomic E-state index is -0.175. The summed E-state index contributed by atoms with van der Waals surface area (Å²) < 4.78 is 0. The number of hydroxylamine groups is 2. The van der Waals surface area contributed by atoms with Crippen LogP contribution in [0.3, 0.4) is 0 Å². The molecule has 2 bridgehead atoms. The fourth-order valence-corrected chi connectivity index (χ4v) is 1.43. The number of hydrogen-bond acceptors (Lipinski definition) is 3. The van der Waals surface area contributed by atoms with Crippen molar-refractivity contribution in [1.29, 1.82) is 0 Å². The number of rotatable bonds is 0. The van der Waals surface area contributed by atoms with Crippen LogP contribution in [0, 0.1) is 0 Å². The molecule has 2 saturated heterocycles. The summed E-state index contributed by atoms with van der Waals surface area (Å²) in [5.41, 5.74) is 0. The maximum Gasteiger partial charge on any atom is 0.263 e. The number of nitrogens with zero attached hydrogens (tertiary/aromatic N) is 1. The predicted molar refractivity (Wildman–Crippen MR) is 28.8 cm³/mol. The molecule has 0 spiro atoms. The number of amides is 1. The molecule has 2 fully saturated rings. The van der Waals surface area contributed by atoms with E-state index in [1.54, 1.807) is 0 Å². The van der Waals surface area contributed by atoms with Crippen molar-refractivity contribution in [3.63, 3.8) is 0 Å². The first kappa shape index (κ1) is 5.20. The van der Waals surface area contributed by atoms with Crippen LogP contribution in [0.25, 0.3) is 0 Å². The predicted octanol–water partition coefficient (Wildman–Crippen LogP) is -1.05. The second-order valence-corrected chi connectivity index (χ2v) is 2.53. The van der Waals surface area contributed by atoms with Gasteiger partial charge in [0.1, 0.15) is 0 Å². The first-order valence-electron chi connectivity index (χ1n) is 3.04. The fourth-order valence-electron chi connectivity index (χ4n) is 1.43. The second kappa shape index (κ2) is 1.46. The van der Waals surface area contributed by atoms with E-state index in [-0.39, 0.29) is 18.0 Å². The molecule has 50 valence electrons. The average Bonchev–Trinajstić information content (AvgIpc) is 2.37. The van der Waals surface area contributed by atoms with Gasteiger partial charge in [-0.05, 0) is 6.42 Å². The van der Waals surface area contributed by atoms with E-state index in [0.717, 1.165) is 18.0 Å². The maximum absolute atomic E-state index is 10.8. The van der Waals surface area contributed by atoms with E-state index >= 15 is 0 Å². The van der Waals surface area contributed by atoms with Crippen LogP contribution >= 0.6 is 0 Å². The van der Waals surface area contributed by atoms with E-state index in [2.05, 4.69) is 5.32 Å². The number of nitrogens with one attached hydrogen (secondary N) is 1. The molecule has 9 heavy (non-hydrogen) atoms. The largest absolute Gasteiger partial charge is 0.304 e. The van der Waals surface area contributed by atoms with Gasteiger partial charge in [-0.3, -0.25) is 10.0 Å². The highest BCUT2D eigenvalue weighted by molar-refractivity contribution is 5.84. The highest BCUT2D eigenvalue weighted by atomic mass is 16.5. The van der Waals surface area contributed by atoms with Gasteiger partial charge < -0.3 is 5.32 Å². The zero-order valence-electron chi connectivity index (χ0n) is 4.87. The van der Waals surface area contributed by atoms with Crippen LogP contribution in [0.1, 0.15) is 6.42 Å². The molecule has 0 unspecified atom stereocenters. The highest BCUT2D eigenvalue weighted by Crippen LogP contribution is 2.21. The topological polar surface area (TPSA) is 52.6 Å². The van der Waals surface area contributed by atoms with Crippen molar-refractivity contribution in [2.75, 3.05) is 6.54 Å². The maximum atomic E-state index is 10.8. The van der Waals surface area contributed by atoms with E-state index in [4.69, 9.17) is 5.21 Å².